The van der Waals surface area contributed by atoms with Gasteiger partial charge in [-0.2, -0.15) is 0 Å². The van der Waals surface area contributed by atoms with E-state index in [4.69, 9.17) is 18.9 Å². The van der Waals surface area contributed by atoms with Crippen molar-refractivity contribution in [2.75, 3.05) is 13.7 Å². The highest BCUT2D eigenvalue weighted by Crippen LogP contribution is 2.40. The monoisotopic (exact) mass is 325 g/mol. The van der Waals surface area contributed by atoms with E-state index in [0.29, 0.717) is 0 Å². The number of nitrogens with zero attached hydrogens (tertiary/aromatic N) is 1. The molecule has 2 heterocycles. The number of rotatable bonds is 3. The van der Waals surface area contributed by atoms with E-state index in [0.717, 1.165) is 5.56 Å². The molecule has 0 spiro atoms. The Balaban J connectivity index is 1.90. The molecule has 23 heavy (non-hydrogen) atoms. The molecular weight excluding hydrogens is 306 g/mol. The molecule has 0 aromatic heterocycles. The van der Waals surface area contributed by atoms with E-state index in [9.17, 15) is 15.2 Å². The Hall–Kier alpha value is -1.58. The Labute approximate surface area is 133 Å². The van der Waals surface area contributed by atoms with Crippen molar-refractivity contribution in [1.82, 2.24) is 0 Å². The smallest absolute Gasteiger partial charge is 0.278 e. The molecule has 0 bridgehead atoms. The summed E-state index contributed by atoms with van der Waals surface area (Å²) in [6.45, 7) is 1.46. The van der Waals surface area contributed by atoms with Crippen LogP contribution in [0.4, 0.5) is 0 Å². The number of ether oxygens (including phenoxy) is 4. The van der Waals surface area contributed by atoms with Crippen molar-refractivity contribution >= 4 is 0 Å². The minimum Gasteiger partial charge on any atom is -0.381 e. The van der Waals surface area contributed by atoms with Crippen molar-refractivity contribution in [3.05, 3.63) is 46.0 Å². The molecule has 0 amide bonds. The van der Waals surface area contributed by atoms with Gasteiger partial charge in [-0.25, -0.2) is 0 Å². The van der Waals surface area contributed by atoms with Gasteiger partial charge >= 0.3 is 0 Å². The van der Waals surface area contributed by atoms with Crippen molar-refractivity contribution < 1.29 is 29.0 Å². The molecule has 2 aliphatic heterocycles. The van der Waals surface area contributed by atoms with Crippen molar-refractivity contribution in [3.63, 3.8) is 0 Å². The molecule has 1 aromatic rings. The second-order valence-corrected chi connectivity index (χ2v) is 5.84. The van der Waals surface area contributed by atoms with Crippen LogP contribution in [0.1, 0.15) is 18.8 Å². The predicted octanol–water partition coefficient (Wildman–Crippen LogP) is 0.868. The highest BCUT2D eigenvalue weighted by Gasteiger charge is 2.65. The van der Waals surface area contributed by atoms with Gasteiger partial charge in [-0.05, 0) is 0 Å². The summed E-state index contributed by atoms with van der Waals surface area (Å²) in [5, 5.41) is 22.0. The van der Waals surface area contributed by atoms with Crippen LogP contribution in [0.15, 0.2) is 30.3 Å². The quantitative estimate of drug-likeness (QED) is 0.650. The highest BCUT2D eigenvalue weighted by molar-refractivity contribution is 5.17. The third-order valence-corrected chi connectivity index (χ3v) is 4.46. The molecule has 0 aliphatic carbocycles. The van der Waals surface area contributed by atoms with E-state index >= 15 is 0 Å². The maximum Gasteiger partial charge on any atom is 0.278 e. The van der Waals surface area contributed by atoms with Crippen LogP contribution in [-0.4, -0.2) is 53.9 Å². The molecule has 3 rings (SSSR count). The summed E-state index contributed by atoms with van der Waals surface area (Å²) in [5.41, 5.74) is -1.01. The third-order valence-electron chi connectivity index (χ3n) is 4.46. The van der Waals surface area contributed by atoms with E-state index < -0.39 is 41.4 Å². The van der Waals surface area contributed by atoms with Crippen LogP contribution in [0.25, 0.3) is 0 Å². The molecule has 1 N–H and O–H groups in total. The minimum absolute atomic E-state index is 0.111. The minimum atomic E-state index is -1.76. The summed E-state index contributed by atoms with van der Waals surface area (Å²) in [6, 6.07) is 9.13. The van der Waals surface area contributed by atoms with Gasteiger partial charge in [0.1, 0.15) is 6.10 Å². The first kappa shape index (κ1) is 16.3. The molecule has 6 atom stereocenters. The second kappa shape index (κ2) is 6.14. The average molecular weight is 325 g/mol. The zero-order chi connectivity index (χ0) is 16.6. The Morgan fingerprint density at radius 3 is 2.65 bits per heavy atom. The number of hydrogen-bond donors (Lipinski definition) is 1. The maximum absolute atomic E-state index is 11.7. The van der Waals surface area contributed by atoms with E-state index in [-0.39, 0.29) is 6.61 Å². The molecule has 2 fully saturated rings. The molecule has 0 unspecified atom stereocenters. The van der Waals surface area contributed by atoms with Crippen LogP contribution in [0.3, 0.4) is 0 Å². The first-order valence-corrected chi connectivity index (χ1v) is 7.31. The molecule has 126 valence electrons. The van der Waals surface area contributed by atoms with Gasteiger partial charge in [0.15, 0.2) is 24.8 Å². The fourth-order valence-electron chi connectivity index (χ4n) is 3.03. The van der Waals surface area contributed by atoms with Gasteiger partial charge in [0.25, 0.3) is 5.54 Å². The van der Waals surface area contributed by atoms with Crippen LogP contribution < -0.4 is 0 Å². The molecule has 0 radical (unpaired) electrons. The summed E-state index contributed by atoms with van der Waals surface area (Å²) >= 11 is 0. The van der Waals surface area contributed by atoms with Crippen LogP contribution >= 0.6 is 0 Å². The molecule has 2 aliphatic rings. The second-order valence-electron chi connectivity index (χ2n) is 5.84. The van der Waals surface area contributed by atoms with Crippen molar-refractivity contribution in [2.24, 2.45) is 0 Å². The zero-order valence-corrected chi connectivity index (χ0v) is 12.8. The van der Waals surface area contributed by atoms with Crippen LogP contribution in [0.2, 0.25) is 0 Å². The fraction of sp³-hybridized carbons (Fsp3) is 0.600. The lowest BCUT2D eigenvalue weighted by atomic mass is 9.82. The number of benzene rings is 1. The lowest BCUT2D eigenvalue weighted by molar-refractivity contribution is -0.616. The molecular formula is C15H19NO7. The Morgan fingerprint density at radius 2 is 2.04 bits per heavy atom. The van der Waals surface area contributed by atoms with Gasteiger partial charge < -0.3 is 24.1 Å². The normalized spacial score (nSPS) is 40.4. The van der Waals surface area contributed by atoms with Gasteiger partial charge in [0.05, 0.1) is 6.61 Å². The Bertz CT molecular complexity index is 568. The number of aliphatic hydroxyl groups excluding tert-OH is 1. The van der Waals surface area contributed by atoms with Crippen molar-refractivity contribution in [3.8, 4) is 0 Å². The van der Waals surface area contributed by atoms with Gasteiger partial charge in [0, 0.05) is 24.5 Å². The summed E-state index contributed by atoms with van der Waals surface area (Å²) in [4.78, 5) is 11.1. The third kappa shape index (κ3) is 2.62. The SMILES string of the molecule is CO[C@H]1O[C@H]2CO[C@H](c3ccccc3)O[C@@H]2[C@@](C)([N+](=O)[O-])[C@@H]1O. The zero-order valence-electron chi connectivity index (χ0n) is 12.8. The molecule has 0 saturated carbocycles. The largest absolute Gasteiger partial charge is 0.381 e. The summed E-state index contributed by atoms with van der Waals surface area (Å²) in [5.74, 6) is 0. The molecule has 2 saturated heterocycles. The van der Waals surface area contributed by atoms with Crippen LogP contribution in [0, 0.1) is 10.1 Å². The lowest BCUT2D eigenvalue weighted by Crippen LogP contribution is -2.71. The van der Waals surface area contributed by atoms with Gasteiger partial charge in [-0.3, -0.25) is 10.1 Å². The van der Waals surface area contributed by atoms with Crippen LogP contribution in [-0.2, 0) is 18.9 Å². The topological polar surface area (TPSA) is 100 Å². The molecule has 1 aromatic carbocycles. The highest BCUT2D eigenvalue weighted by atomic mass is 16.8. The first-order chi connectivity index (χ1) is 11.0. The number of aliphatic hydroxyl groups is 1. The summed E-state index contributed by atoms with van der Waals surface area (Å²) in [6.07, 6.45) is -4.96. The average Bonchev–Trinajstić information content (AvgIpc) is 2.58. The predicted molar refractivity (Wildman–Crippen MR) is 77.1 cm³/mol. The van der Waals surface area contributed by atoms with Crippen molar-refractivity contribution in [2.45, 2.75) is 43.4 Å². The number of methoxy groups -OCH3 is 1. The Morgan fingerprint density at radius 1 is 1.35 bits per heavy atom. The Kier molecular flexibility index (Phi) is 4.35. The summed E-state index contributed by atoms with van der Waals surface area (Å²) in [7, 11) is 1.33. The number of hydrogen-bond acceptors (Lipinski definition) is 7. The number of nitro groups is 1. The van der Waals surface area contributed by atoms with Crippen molar-refractivity contribution in [1.29, 1.82) is 0 Å². The lowest BCUT2D eigenvalue weighted by Gasteiger charge is -2.48. The van der Waals surface area contributed by atoms with Gasteiger partial charge in [0.2, 0.25) is 0 Å². The van der Waals surface area contributed by atoms with E-state index in [1.165, 1.54) is 14.0 Å². The van der Waals surface area contributed by atoms with E-state index in [1.807, 2.05) is 30.3 Å². The maximum atomic E-state index is 11.7. The fourth-order valence-corrected chi connectivity index (χ4v) is 3.03. The first-order valence-electron chi connectivity index (χ1n) is 7.31. The van der Waals surface area contributed by atoms with Crippen LogP contribution in [0.5, 0.6) is 0 Å². The van der Waals surface area contributed by atoms with E-state index in [1.54, 1.807) is 0 Å². The standard InChI is InChI=1S/C15H19NO7/c1-15(16(18)19)11(17)14(20-2)22-10-8-21-13(23-12(10)15)9-6-4-3-5-7-9/h3-7,10-14,17H,8H2,1-2H3/t10-,11+,12-,13-,14-,15-/m0/s1. The van der Waals surface area contributed by atoms with E-state index in [2.05, 4.69) is 0 Å². The molecule has 8 heteroatoms. The van der Waals surface area contributed by atoms with Gasteiger partial charge in [-0.15, -0.1) is 0 Å². The number of fused-ring (bicyclic) bond motifs is 1. The summed E-state index contributed by atoms with van der Waals surface area (Å²) < 4.78 is 22.0. The van der Waals surface area contributed by atoms with Gasteiger partial charge in [-0.1, -0.05) is 30.3 Å². The molecule has 8 nitrogen and oxygen atoms in total.